The Morgan fingerprint density at radius 3 is 3.05 bits per heavy atom. The van der Waals surface area contributed by atoms with Crippen molar-refractivity contribution >= 4 is 11.8 Å². The lowest BCUT2D eigenvalue weighted by Crippen LogP contribution is -2.29. The number of thioether (sulfide) groups is 1. The van der Waals surface area contributed by atoms with E-state index in [4.69, 9.17) is 6.42 Å². The molecule has 2 N–H and O–H groups in total. The molecule has 1 aromatic rings. The topological polar surface area (TPSA) is 80.1 Å². The van der Waals surface area contributed by atoms with Crippen LogP contribution in [-0.2, 0) is 5.75 Å². The predicted octanol–water partition coefficient (Wildman–Crippen LogP) is 1.20. The van der Waals surface area contributed by atoms with E-state index in [1.165, 1.54) is 0 Å². The van der Waals surface area contributed by atoms with E-state index in [-0.39, 0.29) is 6.54 Å². The van der Waals surface area contributed by atoms with E-state index in [1.807, 2.05) is 18.2 Å². The molecule has 0 aliphatic carbocycles. The summed E-state index contributed by atoms with van der Waals surface area (Å²) >= 11 is 1.70. The van der Waals surface area contributed by atoms with Crippen LogP contribution in [0.15, 0.2) is 36.4 Å². The Labute approximate surface area is 122 Å². The summed E-state index contributed by atoms with van der Waals surface area (Å²) in [6, 6.07) is 5.79. The van der Waals surface area contributed by atoms with Crippen LogP contribution in [0.5, 0.6) is 0 Å². The van der Waals surface area contributed by atoms with Crippen molar-refractivity contribution in [2.45, 2.75) is 5.75 Å². The summed E-state index contributed by atoms with van der Waals surface area (Å²) in [4.78, 5) is 14.1. The second-order valence-electron chi connectivity index (χ2n) is 3.69. The van der Waals surface area contributed by atoms with Gasteiger partial charge >= 0.3 is 0 Å². The third-order valence-electron chi connectivity index (χ3n) is 2.15. The van der Waals surface area contributed by atoms with Crippen molar-refractivity contribution in [3.63, 3.8) is 0 Å². The summed E-state index contributed by atoms with van der Waals surface area (Å²) in [7, 11) is 0. The first-order chi connectivity index (χ1) is 9.72. The lowest BCUT2D eigenvalue weighted by Gasteiger charge is -2.09. The molecule has 0 bridgehead atoms. The van der Waals surface area contributed by atoms with Gasteiger partial charge in [-0.05, 0) is 12.1 Å². The Kier molecular flexibility index (Phi) is 7.69. The Morgan fingerprint density at radius 2 is 2.40 bits per heavy atom. The molecule has 0 aliphatic rings. The summed E-state index contributed by atoms with van der Waals surface area (Å²) in [5, 5.41) is 16.1. The summed E-state index contributed by atoms with van der Waals surface area (Å²) in [6.07, 6.45) is 7.74. The fourth-order valence-corrected chi connectivity index (χ4v) is 2.09. The number of nitrogens with zero attached hydrogens (tertiary/aromatic N) is 2. The van der Waals surface area contributed by atoms with Gasteiger partial charge < -0.3 is 10.6 Å². The van der Waals surface area contributed by atoms with Gasteiger partial charge in [0.05, 0.1) is 17.2 Å². The van der Waals surface area contributed by atoms with Crippen molar-refractivity contribution in [2.24, 2.45) is 0 Å². The zero-order valence-electron chi connectivity index (χ0n) is 10.9. The van der Waals surface area contributed by atoms with E-state index in [1.54, 1.807) is 18.0 Å². The predicted molar refractivity (Wildman–Crippen MR) is 80.3 cm³/mol. The Balaban J connectivity index is 2.24. The molecule has 20 heavy (non-hydrogen) atoms. The SMILES string of the molecule is C#CCNC(=C[N+](=O)[O-])NCCSCc1ccccn1. The highest BCUT2D eigenvalue weighted by Gasteiger charge is 2.01. The van der Waals surface area contributed by atoms with E-state index in [0.717, 1.165) is 23.4 Å². The van der Waals surface area contributed by atoms with Crippen LogP contribution in [0.25, 0.3) is 0 Å². The van der Waals surface area contributed by atoms with Crippen molar-refractivity contribution < 1.29 is 4.92 Å². The van der Waals surface area contributed by atoms with Crippen molar-refractivity contribution in [2.75, 3.05) is 18.8 Å². The average molecular weight is 292 g/mol. The molecule has 7 heteroatoms. The van der Waals surface area contributed by atoms with Crippen LogP contribution in [0.2, 0.25) is 0 Å². The van der Waals surface area contributed by atoms with Crippen molar-refractivity contribution in [1.29, 1.82) is 0 Å². The van der Waals surface area contributed by atoms with E-state index >= 15 is 0 Å². The molecule has 0 saturated carbocycles. The number of nitro groups is 1. The molecular weight excluding hydrogens is 276 g/mol. The minimum atomic E-state index is -0.521. The van der Waals surface area contributed by atoms with Crippen LogP contribution in [-0.4, -0.2) is 28.7 Å². The first-order valence-corrected chi connectivity index (χ1v) is 7.12. The number of terminal acetylenes is 1. The quantitative estimate of drug-likeness (QED) is 0.308. The van der Waals surface area contributed by atoms with E-state index in [2.05, 4.69) is 21.5 Å². The highest BCUT2D eigenvalue weighted by molar-refractivity contribution is 7.98. The second kappa shape index (κ2) is 9.69. The summed E-state index contributed by atoms with van der Waals surface area (Å²) in [5.74, 6) is 4.31. The fraction of sp³-hybridized carbons (Fsp3) is 0.308. The lowest BCUT2D eigenvalue weighted by atomic mass is 10.4. The number of hydrogen-bond donors (Lipinski definition) is 2. The Morgan fingerprint density at radius 1 is 1.55 bits per heavy atom. The number of hydrogen-bond acceptors (Lipinski definition) is 6. The fourth-order valence-electron chi connectivity index (χ4n) is 1.32. The highest BCUT2D eigenvalue weighted by atomic mass is 32.2. The molecule has 0 radical (unpaired) electrons. The molecule has 0 saturated heterocycles. The number of nitrogens with one attached hydrogen (secondary N) is 2. The summed E-state index contributed by atoms with van der Waals surface area (Å²) in [5.41, 5.74) is 1.02. The van der Waals surface area contributed by atoms with Crippen molar-refractivity contribution in [3.05, 3.63) is 52.2 Å². The van der Waals surface area contributed by atoms with Crippen molar-refractivity contribution in [1.82, 2.24) is 15.6 Å². The zero-order valence-corrected chi connectivity index (χ0v) is 11.7. The first kappa shape index (κ1) is 15.9. The van der Waals surface area contributed by atoms with Gasteiger partial charge in [0, 0.05) is 24.2 Å². The summed E-state index contributed by atoms with van der Waals surface area (Å²) in [6.45, 7) is 0.850. The Bertz CT molecular complexity index is 485. The lowest BCUT2D eigenvalue weighted by molar-refractivity contribution is -0.404. The third kappa shape index (κ3) is 7.28. The van der Waals surface area contributed by atoms with Gasteiger partial charge in [0.15, 0.2) is 5.82 Å². The van der Waals surface area contributed by atoms with Gasteiger partial charge in [-0.15, -0.1) is 6.42 Å². The maximum atomic E-state index is 10.4. The molecule has 0 spiro atoms. The number of rotatable bonds is 9. The molecule has 0 amide bonds. The zero-order chi connectivity index (χ0) is 14.6. The largest absolute Gasteiger partial charge is 0.366 e. The van der Waals surface area contributed by atoms with Gasteiger partial charge in [-0.1, -0.05) is 12.0 Å². The Hall–Kier alpha value is -2.20. The molecule has 0 atom stereocenters. The van der Waals surface area contributed by atoms with Crippen LogP contribution < -0.4 is 10.6 Å². The van der Waals surface area contributed by atoms with Crippen LogP contribution in [0.1, 0.15) is 5.69 Å². The second-order valence-corrected chi connectivity index (χ2v) is 4.79. The van der Waals surface area contributed by atoms with E-state index in [9.17, 15) is 10.1 Å². The van der Waals surface area contributed by atoms with Gasteiger partial charge in [-0.25, -0.2) is 0 Å². The average Bonchev–Trinajstić information content (AvgIpc) is 2.44. The molecule has 6 nitrogen and oxygen atoms in total. The standard InChI is InChI=1S/C13H16N4O2S/c1-2-6-15-13(10-17(18)19)16-8-9-20-11-12-5-3-4-7-14-12/h1,3-5,7,10,15-16H,6,8-9,11H2. The maximum Gasteiger partial charge on any atom is 0.274 e. The van der Waals surface area contributed by atoms with Crippen LogP contribution in [0, 0.1) is 22.5 Å². The minimum Gasteiger partial charge on any atom is -0.366 e. The summed E-state index contributed by atoms with van der Waals surface area (Å²) < 4.78 is 0. The van der Waals surface area contributed by atoms with Crippen LogP contribution in [0.4, 0.5) is 0 Å². The third-order valence-corrected chi connectivity index (χ3v) is 3.15. The highest BCUT2D eigenvalue weighted by Crippen LogP contribution is 2.08. The molecule has 0 aromatic carbocycles. The molecule has 1 rings (SSSR count). The molecular formula is C13H16N4O2S. The van der Waals surface area contributed by atoms with Crippen LogP contribution in [0.3, 0.4) is 0 Å². The van der Waals surface area contributed by atoms with Gasteiger partial charge in [0.1, 0.15) is 0 Å². The molecule has 1 aromatic heterocycles. The molecule has 0 unspecified atom stereocenters. The van der Waals surface area contributed by atoms with E-state index < -0.39 is 4.92 Å². The van der Waals surface area contributed by atoms with Gasteiger partial charge in [0.2, 0.25) is 0 Å². The number of aromatic nitrogens is 1. The monoisotopic (exact) mass is 292 g/mol. The van der Waals surface area contributed by atoms with E-state index in [0.29, 0.717) is 12.4 Å². The van der Waals surface area contributed by atoms with Crippen molar-refractivity contribution in [3.8, 4) is 12.3 Å². The maximum absolute atomic E-state index is 10.4. The first-order valence-electron chi connectivity index (χ1n) is 5.96. The number of pyridine rings is 1. The van der Waals surface area contributed by atoms with Gasteiger partial charge in [0.25, 0.3) is 6.20 Å². The molecule has 1 heterocycles. The van der Waals surface area contributed by atoms with Gasteiger partial charge in [-0.2, -0.15) is 11.8 Å². The smallest absolute Gasteiger partial charge is 0.274 e. The van der Waals surface area contributed by atoms with Gasteiger partial charge in [-0.3, -0.25) is 15.1 Å². The minimum absolute atomic E-state index is 0.244. The van der Waals surface area contributed by atoms with Crippen LogP contribution >= 0.6 is 11.8 Å². The molecule has 0 aliphatic heterocycles. The molecule has 106 valence electrons. The normalized spacial score (nSPS) is 10.7. The molecule has 0 fully saturated rings.